The summed E-state index contributed by atoms with van der Waals surface area (Å²) in [7, 11) is 0. The van der Waals surface area contributed by atoms with E-state index < -0.39 is 0 Å². The standard InChI is InChI=1S/C18H25N3O/c1-13-17(14(2)21-20-13)12-19-11-16-9-6-10-22-18(16)15-7-4-3-5-8-15/h3-5,7-8,16,18-19H,6,9-12H2,1-2H3,(H,20,21)/t16-,18+/m0/s1. The van der Waals surface area contributed by atoms with Gasteiger partial charge in [-0.25, -0.2) is 0 Å². The van der Waals surface area contributed by atoms with Crippen molar-refractivity contribution in [3.63, 3.8) is 0 Å². The molecule has 118 valence electrons. The fraction of sp³-hybridized carbons (Fsp3) is 0.500. The monoisotopic (exact) mass is 299 g/mol. The third kappa shape index (κ3) is 3.39. The second-order valence-electron chi connectivity index (χ2n) is 6.15. The number of rotatable bonds is 5. The highest BCUT2D eigenvalue weighted by Gasteiger charge is 2.27. The van der Waals surface area contributed by atoms with Gasteiger partial charge in [-0.1, -0.05) is 30.3 Å². The first-order chi connectivity index (χ1) is 10.8. The number of nitrogens with zero attached hydrogens (tertiary/aromatic N) is 1. The van der Waals surface area contributed by atoms with Crippen molar-refractivity contribution in [3.05, 3.63) is 52.8 Å². The van der Waals surface area contributed by atoms with Gasteiger partial charge < -0.3 is 10.1 Å². The van der Waals surface area contributed by atoms with E-state index in [2.05, 4.69) is 59.7 Å². The highest BCUT2D eigenvalue weighted by molar-refractivity contribution is 5.23. The molecule has 3 rings (SSSR count). The molecule has 4 heteroatoms. The number of nitrogens with one attached hydrogen (secondary N) is 2. The van der Waals surface area contributed by atoms with Crippen molar-refractivity contribution in [2.24, 2.45) is 5.92 Å². The SMILES string of the molecule is Cc1n[nH]c(C)c1CNC[C@@H]1CCCO[C@@H]1c1ccccc1. The Labute approximate surface area is 132 Å². The molecule has 1 saturated heterocycles. The molecule has 0 radical (unpaired) electrons. The van der Waals surface area contributed by atoms with Crippen LogP contribution in [0.1, 0.15) is 41.5 Å². The Morgan fingerprint density at radius 3 is 2.82 bits per heavy atom. The number of H-pyrrole nitrogens is 1. The van der Waals surface area contributed by atoms with E-state index in [9.17, 15) is 0 Å². The molecule has 0 aliphatic carbocycles. The molecule has 2 heterocycles. The predicted octanol–water partition coefficient (Wildman–Crippen LogP) is 3.28. The highest BCUT2D eigenvalue weighted by atomic mass is 16.5. The molecule has 22 heavy (non-hydrogen) atoms. The zero-order valence-electron chi connectivity index (χ0n) is 13.4. The summed E-state index contributed by atoms with van der Waals surface area (Å²) in [5.74, 6) is 0.531. The lowest BCUT2D eigenvalue weighted by atomic mass is 9.89. The summed E-state index contributed by atoms with van der Waals surface area (Å²) in [5, 5.41) is 10.9. The topological polar surface area (TPSA) is 49.9 Å². The van der Waals surface area contributed by atoms with Crippen LogP contribution in [-0.2, 0) is 11.3 Å². The highest BCUT2D eigenvalue weighted by Crippen LogP contribution is 2.33. The van der Waals surface area contributed by atoms with Gasteiger partial charge in [-0.15, -0.1) is 0 Å². The smallest absolute Gasteiger partial charge is 0.0865 e. The fourth-order valence-electron chi connectivity index (χ4n) is 3.28. The molecule has 1 aliphatic rings. The van der Waals surface area contributed by atoms with Gasteiger partial charge in [0.2, 0.25) is 0 Å². The summed E-state index contributed by atoms with van der Waals surface area (Å²) in [5.41, 5.74) is 4.83. The van der Waals surface area contributed by atoms with E-state index in [1.54, 1.807) is 0 Å². The minimum absolute atomic E-state index is 0.217. The van der Waals surface area contributed by atoms with Gasteiger partial charge in [-0.3, -0.25) is 5.10 Å². The number of benzene rings is 1. The quantitative estimate of drug-likeness (QED) is 0.891. The summed E-state index contributed by atoms with van der Waals surface area (Å²) in [6.45, 7) is 6.84. The largest absolute Gasteiger partial charge is 0.373 e. The van der Waals surface area contributed by atoms with Gasteiger partial charge in [0.05, 0.1) is 11.8 Å². The number of aryl methyl sites for hydroxylation is 2. The Balaban J connectivity index is 1.60. The number of aromatic nitrogens is 2. The first kappa shape index (κ1) is 15.3. The maximum Gasteiger partial charge on any atom is 0.0865 e. The van der Waals surface area contributed by atoms with Gasteiger partial charge in [0.15, 0.2) is 0 Å². The van der Waals surface area contributed by atoms with Crippen LogP contribution in [-0.4, -0.2) is 23.3 Å². The molecule has 1 fully saturated rings. The van der Waals surface area contributed by atoms with Crippen molar-refractivity contribution in [2.75, 3.05) is 13.2 Å². The summed E-state index contributed by atoms with van der Waals surface area (Å²) in [6, 6.07) is 10.6. The van der Waals surface area contributed by atoms with Crippen LogP contribution >= 0.6 is 0 Å². The van der Waals surface area contributed by atoms with Crippen LogP contribution in [0.4, 0.5) is 0 Å². The van der Waals surface area contributed by atoms with Crippen molar-refractivity contribution in [2.45, 2.75) is 39.3 Å². The minimum atomic E-state index is 0.217. The molecule has 0 spiro atoms. The average Bonchev–Trinajstić information content (AvgIpc) is 2.88. The zero-order valence-corrected chi connectivity index (χ0v) is 13.4. The molecule has 1 aromatic carbocycles. The second kappa shape index (κ2) is 7.07. The molecule has 2 atom stereocenters. The fourth-order valence-corrected chi connectivity index (χ4v) is 3.28. The molecule has 1 aliphatic heterocycles. The first-order valence-electron chi connectivity index (χ1n) is 8.13. The van der Waals surface area contributed by atoms with Crippen LogP contribution in [0.15, 0.2) is 30.3 Å². The van der Waals surface area contributed by atoms with Crippen LogP contribution in [0.2, 0.25) is 0 Å². The van der Waals surface area contributed by atoms with E-state index in [0.717, 1.165) is 37.5 Å². The third-order valence-corrected chi connectivity index (χ3v) is 4.56. The molecule has 1 aromatic heterocycles. The molecule has 2 aromatic rings. The van der Waals surface area contributed by atoms with Gasteiger partial charge >= 0.3 is 0 Å². The van der Waals surface area contributed by atoms with E-state index in [0.29, 0.717) is 5.92 Å². The summed E-state index contributed by atoms with van der Waals surface area (Å²) >= 11 is 0. The first-order valence-corrected chi connectivity index (χ1v) is 8.13. The number of hydrogen-bond acceptors (Lipinski definition) is 3. The van der Waals surface area contributed by atoms with Crippen molar-refractivity contribution in [3.8, 4) is 0 Å². The molecule has 0 saturated carbocycles. The molecular formula is C18H25N3O. The van der Waals surface area contributed by atoms with E-state index in [4.69, 9.17) is 4.74 Å². The molecule has 4 nitrogen and oxygen atoms in total. The summed E-state index contributed by atoms with van der Waals surface area (Å²) in [4.78, 5) is 0. The van der Waals surface area contributed by atoms with E-state index >= 15 is 0 Å². The van der Waals surface area contributed by atoms with Crippen LogP contribution < -0.4 is 5.32 Å². The molecular weight excluding hydrogens is 274 g/mol. The van der Waals surface area contributed by atoms with Crippen LogP contribution in [0.25, 0.3) is 0 Å². The number of ether oxygens (including phenoxy) is 1. The lowest BCUT2D eigenvalue weighted by Gasteiger charge is -2.32. The van der Waals surface area contributed by atoms with Gasteiger partial charge in [0, 0.05) is 36.9 Å². The maximum atomic E-state index is 6.05. The summed E-state index contributed by atoms with van der Waals surface area (Å²) in [6.07, 6.45) is 2.59. The molecule has 0 bridgehead atoms. The van der Waals surface area contributed by atoms with Crippen molar-refractivity contribution >= 4 is 0 Å². The Kier molecular flexibility index (Phi) is 4.90. The van der Waals surface area contributed by atoms with Crippen LogP contribution in [0.3, 0.4) is 0 Å². The number of aromatic amines is 1. The van der Waals surface area contributed by atoms with Crippen molar-refractivity contribution < 1.29 is 4.74 Å². The van der Waals surface area contributed by atoms with Gasteiger partial charge in [0.1, 0.15) is 0 Å². The number of hydrogen-bond donors (Lipinski definition) is 2. The maximum absolute atomic E-state index is 6.05. The van der Waals surface area contributed by atoms with Gasteiger partial charge in [0.25, 0.3) is 0 Å². The van der Waals surface area contributed by atoms with Crippen LogP contribution in [0, 0.1) is 19.8 Å². The second-order valence-corrected chi connectivity index (χ2v) is 6.15. The summed E-state index contributed by atoms with van der Waals surface area (Å²) < 4.78 is 6.05. The normalized spacial score (nSPS) is 21.9. The van der Waals surface area contributed by atoms with E-state index in [1.165, 1.54) is 17.5 Å². The Hall–Kier alpha value is -1.65. The lowest BCUT2D eigenvalue weighted by Crippen LogP contribution is -2.31. The average molecular weight is 299 g/mol. The van der Waals surface area contributed by atoms with E-state index in [1.807, 2.05) is 0 Å². The van der Waals surface area contributed by atoms with E-state index in [-0.39, 0.29) is 6.10 Å². The predicted molar refractivity (Wildman–Crippen MR) is 87.6 cm³/mol. The van der Waals surface area contributed by atoms with Crippen LogP contribution in [0.5, 0.6) is 0 Å². The molecule has 0 amide bonds. The lowest BCUT2D eigenvalue weighted by molar-refractivity contribution is -0.0278. The Morgan fingerprint density at radius 2 is 2.09 bits per heavy atom. The molecule has 2 N–H and O–H groups in total. The van der Waals surface area contributed by atoms with Gasteiger partial charge in [-0.2, -0.15) is 5.10 Å². The minimum Gasteiger partial charge on any atom is -0.373 e. The Morgan fingerprint density at radius 1 is 1.27 bits per heavy atom. The van der Waals surface area contributed by atoms with Gasteiger partial charge in [-0.05, 0) is 32.3 Å². The molecule has 0 unspecified atom stereocenters. The van der Waals surface area contributed by atoms with Crippen molar-refractivity contribution in [1.82, 2.24) is 15.5 Å². The third-order valence-electron chi connectivity index (χ3n) is 4.56. The Bertz CT molecular complexity index is 574. The zero-order chi connectivity index (χ0) is 15.4. The van der Waals surface area contributed by atoms with Crippen molar-refractivity contribution in [1.29, 1.82) is 0 Å².